The van der Waals surface area contributed by atoms with Gasteiger partial charge in [-0.3, -0.25) is 0 Å². The molecule has 1 aliphatic rings. The van der Waals surface area contributed by atoms with Gasteiger partial charge in [0.25, 0.3) is 0 Å². The summed E-state index contributed by atoms with van der Waals surface area (Å²) < 4.78 is 0. The van der Waals surface area contributed by atoms with Gasteiger partial charge in [-0.25, -0.2) is 0 Å². The normalized spacial score (nSPS) is 17.1. The predicted octanol–water partition coefficient (Wildman–Crippen LogP) is 0.276. The van der Waals surface area contributed by atoms with Crippen molar-refractivity contribution in [3.63, 3.8) is 0 Å². The molecule has 0 spiro atoms. The van der Waals surface area contributed by atoms with Crippen LogP contribution in [0.4, 0.5) is 0 Å². The first-order chi connectivity index (χ1) is 7.31. The van der Waals surface area contributed by atoms with Crippen molar-refractivity contribution in [3.8, 4) is 0 Å². The van der Waals surface area contributed by atoms with Crippen LogP contribution < -0.4 is 11.6 Å². The molecule has 1 aromatic rings. The second-order valence-corrected chi connectivity index (χ2v) is 3.74. The van der Waals surface area contributed by atoms with E-state index in [0.717, 1.165) is 25.9 Å². The summed E-state index contributed by atoms with van der Waals surface area (Å²) in [7, 11) is 0. The molecule has 2 rings (SSSR count). The van der Waals surface area contributed by atoms with Crippen molar-refractivity contribution in [1.29, 1.82) is 0 Å². The molecule has 0 aliphatic carbocycles. The first-order valence-corrected chi connectivity index (χ1v) is 5.16. The lowest BCUT2D eigenvalue weighted by molar-refractivity contribution is 0.432. The van der Waals surface area contributed by atoms with Crippen LogP contribution in [0.1, 0.15) is 11.1 Å². The first-order valence-electron chi connectivity index (χ1n) is 5.16. The van der Waals surface area contributed by atoms with E-state index in [9.17, 15) is 0 Å². The number of hydrogen-bond acceptors (Lipinski definition) is 2. The molecule has 4 heteroatoms. The van der Waals surface area contributed by atoms with E-state index in [1.54, 1.807) is 0 Å². The van der Waals surface area contributed by atoms with Crippen molar-refractivity contribution in [2.45, 2.75) is 12.8 Å². The average molecular weight is 204 g/mol. The topological polar surface area (TPSA) is 67.6 Å². The van der Waals surface area contributed by atoms with Gasteiger partial charge in [0.05, 0.1) is 0 Å². The molecule has 1 heterocycles. The Bertz CT molecular complexity index is 346. The number of nitrogens with two attached hydrogens (primary N) is 2. The number of hydrazone groups is 1. The highest BCUT2D eigenvalue weighted by atomic mass is 15.3. The molecule has 0 radical (unpaired) electrons. The van der Waals surface area contributed by atoms with Crippen LogP contribution in [0.5, 0.6) is 0 Å². The summed E-state index contributed by atoms with van der Waals surface area (Å²) in [6.07, 6.45) is 2.01. The van der Waals surface area contributed by atoms with Crippen molar-refractivity contribution in [3.05, 3.63) is 35.4 Å². The lowest BCUT2D eigenvalue weighted by Gasteiger charge is -2.19. The van der Waals surface area contributed by atoms with E-state index in [1.807, 2.05) is 4.90 Å². The molecule has 80 valence electrons. The van der Waals surface area contributed by atoms with E-state index in [0.29, 0.717) is 5.96 Å². The molecule has 1 aliphatic heterocycles. The van der Waals surface area contributed by atoms with Crippen LogP contribution in [0.25, 0.3) is 0 Å². The molecular formula is C11H16N4. The third-order valence-electron chi connectivity index (χ3n) is 2.88. The number of hydrogen-bond donors (Lipinski definition) is 2. The third-order valence-corrected chi connectivity index (χ3v) is 2.88. The zero-order valence-corrected chi connectivity index (χ0v) is 8.69. The molecule has 0 fully saturated rings. The Balaban J connectivity index is 2.15. The fraction of sp³-hybridized carbons (Fsp3) is 0.364. The highest BCUT2D eigenvalue weighted by Gasteiger charge is 2.14. The van der Waals surface area contributed by atoms with Gasteiger partial charge in [-0.1, -0.05) is 24.3 Å². The molecule has 0 unspecified atom stereocenters. The first kappa shape index (κ1) is 9.83. The van der Waals surface area contributed by atoms with Gasteiger partial charge in [0.2, 0.25) is 5.96 Å². The summed E-state index contributed by atoms with van der Waals surface area (Å²) in [5.74, 6) is 5.61. The highest BCUT2D eigenvalue weighted by molar-refractivity contribution is 5.77. The molecule has 4 N–H and O–H groups in total. The van der Waals surface area contributed by atoms with Crippen molar-refractivity contribution in [2.75, 3.05) is 13.1 Å². The van der Waals surface area contributed by atoms with Crippen LogP contribution in [-0.2, 0) is 12.8 Å². The summed E-state index contributed by atoms with van der Waals surface area (Å²) in [5, 5.41) is 3.54. The molecule has 15 heavy (non-hydrogen) atoms. The molecule has 0 aromatic heterocycles. The summed E-state index contributed by atoms with van der Waals surface area (Å²) >= 11 is 0. The molecule has 4 nitrogen and oxygen atoms in total. The fourth-order valence-corrected chi connectivity index (χ4v) is 1.98. The van der Waals surface area contributed by atoms with Crippen LogP contribution in [0, 0.1) is 0 Å². The minimum Gasteiger partial charge on any atom is -0.368 e. The zero-order valence-electron chi connectivity index (χ0n) is 8.69. The monoisotopic (exact) mass is 204 g/mol. The van der Waals surface area contributed by atoms with E-state index in [2.05, 4.69) is 29.4 Å². The molecule has 0 atom stereocenters. The van der Waals surface area contributed by atoms with Gasteiger partial charge in [0, 0.05) is 13.1 Å². The second kappa shape index (κ2) is 4.21. The summed E-state index contributed by atoms with van der Waals surface area (Å²) in [6.45, 7) is 1.78. The quantitative estimate of drug-likeness (QED) is 0.276. The number of rotatable bonds is 0. The van der Waals surface area contributed by atoms with Crippen LogP contribution in [0.15, 0.2) is 29.4 Å². The van der Waals surface area contributed by atoms with Crippen molar-refractivity contribution >= 4 is 5.96 Å². The Morgan fingerprint density at radius 1 is 1.13 bits per heavy atom. The van der Waals surface area contributed by atoms with Gasteiger partial charge in [-0.05, 0) is 24.0 Å². The lowest BCUT2D eigenvalue weighted by Crippen LogP contribution is -2.39. The van der Waals surface area contributed by atoms with Crippen LogP contribution >= 0.6 is 0 Å². The molecule has 0 amide bonds. The number of fused-ring (bicyclic) bond motifs is 1. The minimum absolute atomic E-state index is 0.433. The number of nitrogens with zero attached hydrogens (tertiary/aromatic N) is 2. The van der Waals surface area contributed by atoms with Gasteiger partial charge >= 0.3 is 0 Å². The molecule has 0 bridgehead atoms. The van der Waals surface area contributed by atoms with Gasteiger partial charge in [-0.2, -0.15) is 0 Å². The van der Waals surface area contributed by atoms with Crippen LogP contribution in [0.2, 0.25) is 0 Å². The number of guanidine groups is 1. The van der Waals surface area contributed by atoms with E-state index in [-0.39, 0.29) is 0 Å². The van der Waals surface area contributed by atoms with Crippen molar-refractivity contribution in [1.82, 2.24) is 4.90 Å². The standard InChI is InChI=1S/C11H16N4/c12-11(14-13)15-7-5-9-3-1-2-4-10(9)6-8-15/h1-4H,5-8,13H2,(H2,12,14). The lowest BCUT2D eigenvalue weighted by atomic mass is 10.0. The maximum absolute atomic E-state index is 5.70. The Morgan fingerprint density at radius 2 is 1.67 bits per heavy atom. The van der Waals surface area contributed by atoms with Crippen LogP contribution in [-0.4, -0.2) is 23.9 Å². The smallest absolute Gasteiger partial charge is 0.213 e. The fourth-order valence-electron chi connectivity index (χ4n) is 1.98. The Morgan fingerprint density at radius 3 is 2.13 bits per heavy atom. The zero-order chi connectivity index (χ0) is 10.7. The minimum atomic E-state index is 0.433. The van der Waals surface area contributed by atoms with E-state index < -0.39 is 0 Å². The molecule has 0 saturated carbocycles. The van der Waals surface area contributed by atoms with Gasteiger partial charge in [0.1, 0.15) is 0 Å². The van der Waals surface area contributed by atoms with E-state index in [1.165, 1.54) is 11.1 Å². The molecule has 0 saturated heterocycles. The molecular weight excluding hydrogens is 188 g/mol. The van der Waals surface area contributed by atoms with E-state index in [4.69, 9.17) is 11.6 Å². The maximum Gasteiger partial charge on any atom is 0.213 e. The third kappa shape index (κ3) is 2.03. The van der Waals surface area contributed by atoms with Crippen LogP contribution in [0.3, 0.4) is 0 Å². The summed E-state index contributed by atoms with van der Waals surface area (Å²) in [5.41, 5.74) is 8.52. The Labute approximate surface area is 89.6 Å². The van der Waals surface area contributed by atoms with Gasteiger partial charge in [0.15, 0.2) is 0 Å². The van der Waals surface area contributed by atoms with E-state index >= 15 is 0 Å². The maximum atomic E-state index is 5.70. The Hall–Kier alpha value is -1.71. The van der Waals surface area contributed by atoms with Crippen molar-refractivity contribution < 1.29 is 0 Å². The van der Waals surface area contributed by atoms with Gasteiger partial charge < -0.3 is 16.5 Å². The largest absolute Gasteiger partial charge is 0.368 e. The number of benzene rings is 1. The average Bonchev–Trinajstić information content (AvgIpc) is 2.50. The van der Waals surface area contributed by atoms with Gasteiger partial charge in [-0.15, -0.1) is 5.10 Å². The summed E-state index contributed by atoms with van der Waals surface area (Å²) in [4.78, 5) is 2.03. The van der Waals surface area contributed by atoms with Crippen molar-refractivity contribution in [2.24, 2.45) is 16.7 Å². The summed E-state index contributed by atoms with van der Waals surface area (Å²) in [6, 6.07) is 8.51. The molecule has 1 aromatic carbocycles. The second-order valence-electron chi connectivity index (χ2n) is 3.74. The highest BCUT2D eigenvalue weighted by Crippen LogP contribution is 2.14. The SMILES string of the molecule is NN=C(N)N1CCc2ccccc2CC1. The Kier molecular flexibility index (Phi) is 2.76. The predicted molar refractivity (Wildman–Crippen MR) is 61.2 cm³/mol.